The highest BCUT2D eigenvalue weighted by atomic mass is 16.5. The molecule has 0 aliphatic heterocycles. The molecule has 0 spiro atoms. The van der Waals surface area contributed by atoms with Gasteiger partial charge in [0.25, 0.3) is 5.91 Å². The van der Waals surface area contributed by atoms with E-state index in [1.165, 1.54) is 5.56 Å². The maximum absolute atomic E-state index is 12.3. The van der Waals surface area contributed by atoms with Crippen LogP contribution in [0.15, 0.2) is 42.5 Å². The molecule has 0 aliphatic rings. The molecule has 0 fully saturated rings. The molecule has 1 amide bonds. The number of carbonyl (C=O) groups is 1. The minimum Gasteiger partial charge on any atom is -0.481 e. The summed E-state index contributed by atoms with van der Waals surface area (Å²) in [6, 6.07) is 13.8. The lowest BCUT2D eigenvalue weighted by Gasteiger charge is -2.17. The van der Waals surface area contributed by atoms with E-state index in [1.54, 1.807) is 6.92 Å². The molecule has 2 rings (SSSR count). The predicted molar refractivity (Wildman–Crippen MR) is 90.5 cm³/mol. The van der Waals surface area contributed by atoms with Gasteiger partial charge < -0.3 is 10.1 Å². The minimum atomic E-state index is -0.550. The van der Waals surface area contributed by atoms with Crippen LogP contribution in [0.2, 0.25) is 0 Å². The summed E-state index contributed by atoms with van der Waals surface area (Å²) < 4.78 is 5.80. The second-order valence-electron chi connectivity index (χ2n) is 5.53. The van der Waals surface area contributed by atoms with Crippen LogP contribution in [0.3, 0.4) is 0 Å². The molecule has 116 valence electrons. The Hall–Kier alpha value is -2.29. The van der Waals surface area contributed by atoms with Crippen molar-refractivity contribution in [2.45, 2.75) is 40.2 Å². The van der Waals surface area contributed by atoms with Crippen molar-refractivity contribution < 1.29 is 9.53 Å². The number of anilines is 1. The molecule has 0 radical (unpaired) electrons. The second-order valence-corrected chi connectivity index (χ2v) is 5.53. The van der Waals surface area contributed by atoms with Crippen molar-refractivity contribution in [2.75, 3.05) is 5.32 Å². The van der Waals surface area contributed by atoms with E-state index in [9.17, 15) is 4.79 Å². The average molecular weight is 297 g/mol. The Morgan fingerprint density at radius 3 is 2.59 bits per heavy atom. The lowest BCUT2D eigenvalue weighted by molar-refractivity contribution is -0.122. The highest BCUT2D eigenvalue weighted by Gasteiger charge is 2.16. The smallest absolute Gasteiger partial charge is 0.265 e. The van der Waals surface area contributed by atoms with Crippen molar-refractivity contribution in [1.82, 2.24) is 0 Å². The highest BCUT2D eigenvalue weighted by molar-refractivity contribution is 5.94. The monoisotopic (exact) mass is 297 g/mol. The number of para-hydroxylation sites is 1. The molecular formula is C19H23NO2. The Morgan fingerprint density at radius 2 is 1.91 bits per heavy atom. The highest BCUT2D eigenvalue weighted by Crippen LogP contribution is 2.21. The first-order chi connectivity index (χ1) is 10.5. The zero-order valence-electron chi connectivity index (χ0n) is 13.6. The number of hydrogen-bond donors (Lipinski definition) is 1. The van der Waals surface area contributed by atoms with Crippen LogP contribution in [0.5, 0.6) is 5.75 Å². The van der Waals surface area contributed by atoms with Gasteiger partial charge in [-0.2, -0.15) is 0 Å². The van der Waals surface area contributed by atoms with Crippen molar-refractivity contribution in [2.24, 2.45) is 0 Å². The maximum Gasteiger partial charge on any atom is 0.265 e. The van der Waals surface area contributed by atoms with Gasteiger partial charge in [-0.3, -0.25) is 4.79 Å². The third-order valence-electron chi connectivity index (χ3n) is 3.66. The zero-order chi connectivity index (χ0) is 16.1. The lowest BCUT2D eigenvalue weighted by atomic mass is 10.1. The Balaban J connectivity index is 2.06. The minimum absolute atomic E-state index is 0.138. The van der Waals surface area contributed by atoms with Crippen molar-refractivity contribution in [3.8, 4) is 5.75 Å². The number of ether oxygens (including phenoxy) is 1. The van der Waals surface area contributed by atoms with Gasteiger partial charge in [0.2, 0.25) is 0 Å². The molecule has 2 aromatic rings. The molecule has 0 aliphatic carbocycles. The molecular weight excluding hydrogens is 274 g/mol. The summed E-state index contributed by atoms with van der Waals surface area (Å²) in [5.74, 6) is 0.609. The number of rotatable bonds is 5. The normalized spacial score (nSPS) is 11.8. The van der Waals surface area contributed by atoms with Gasteiger partial charge in [0, 0.05) is 5.69 Å². The van der Waals surface area contributed by atoms with Gasteiger partial charge in [-0.25, -0.2) is 0 Å². The Morgan fingerprint density at radius 1 is 1.18 bits per heavy atom. The van der Waals surface area contributed by atoms with Gasteiger partial charge in [-0.15, -0.1) is 0 Å². The van der Waals surface area contributed by atoms with Crippen LogP contribution in [0.25, 0.3) is 0 Å². The molecule has 0 aromatic heterocycles. The molecule has 2 aromatic carbocycles. The standard InChI is InChI=1S/C19H23NO2/c1-5-16-8-6-7-9-17(16)20-19(21)15(4)22-18-11-10-13(2)12-14(18)3/h6-12,15H,5H2,1-4H3,(H,20,21)/t15-/m1/s1. The number of amides is 1. The summed E-state index contributed by atoms with van der Waals surface area (Å²) in [5.41, 5.74) is 4.19. The van der Waals surface area contributed by atoms with Crippen LogP contribution < -0.4 is 10.1 Å². The van der Waals surface area contributed by atoms with E-state index in [-0.39, 0.29) is 5.91 Å². The molecule has 0 unspecified atom stereocenters. The Labute approximate surface area is 132 Å². The molecule has 1 N–H and O–H groups in total. The summed E-state index contributed by atoms with van der Waals surface area (Å²) >= 11 is 0. The van der Waals surface area contributed by atoms with Crippen LogP contribution in [0.4, 0.5) is 5.69 Å². The average Bonchev–Trinajstić information content (AvgIpc) is 2.50. The van der Waals surface area contributed by atoms with Crippen molar-refractivity contribution in [3.63, 3.8) is 0 Å². The first-order valence-electron chi connectivity index (χ1n) is 7.64. The molecule has 1 atom stereocenters. The fraction of sp³-hybridized carbons (Fsp3) is 0.316. The quantitative estimate of drug-likeness (QED) is 0.895. The topological polar surface area (TPSA) is 38.3 Å². The fourth-order valence-corrected chi connectivity index (χ4v) is 2.36. The van der Waals surface area contributed by atoms with Crippen LogP contribution in [-0.4, -0.2) is 12.0 Å². The van der Waals surface area contributed by atoms with Gasteiger partial charge in [0.1, 0.15) is 5.75 Å². The molecule has 22 heavy (non-hydrogen) atoms. The van der Waals surface area contributed by atoms with E-state index in [2.05, 4.69) is 12.2 Å². The lowest BCUT2D eigenvalue weighted by Crippen LogP contribution is -2.30. The van der Waals surface area contributed by atoms with Gasteiger partial charge in [0.15, 0.2) is 6.10 Å². The number of benzene rings is 2. The first kappa shape index (κ1) is 16.1. The van der Waals surface area contributed by atoms with Gasteiger partial charge in [-0.05, 0) is 50.5 Å². The second kappa shape index (κ2) is 7.12. The third kappa shape index (κ3) is 3.88. The van der Waals surface area contributed by atoms with E-state index in [1.807, 2.05) is 56.3 Å². The van der Waals surface area contributed by atoms with E-state index < -0.39 is 6.10 Å². The van der Waals surface area contributed by atoms with Crippen LogP contribution >= 0.6 is 0 Å². The molecule has 0 bridgehead atoms. The number of nitrogens with one attached hydrogen (secondary N) is 1. The predicted octanol–water partition coefficient (Wildman–Crippen LogP) is 4.27. The van der Waals surface area contributed by atoms with E-state index in [0.717, 1.165) is 29.0 Å². The van der Waals surface area contributed by atoms with Crippen LogP contribution in [0.1, 0.15) is 30.5 Å². The number of carbonyl (C=O) groups excluding carboxylic acids is 1. The van der Waals surface area contributed by atoms with Crippen LogP contribution in [0, 0.1) is 13.8 Å². The zero-order valence-corrected chi connectivity index (χ0v) is 13.6. The SMILES string of the molecule is CCc1ccccc1NC(=O)[C@@H](C)Oc1ccc(C)cc1C. The maximum atomic E-state index is 12.3. The van der Waals surface area contributed by atoms with E-state index in [4.69, 9.17) is 4.74 Å². The van der Waals surface area contributed by atoms with Gasteiger partial charge >= 0.3 is 0 Å². The number of hydrogen-bond acceptors (Lipinski definition) is 2. The van der Waals surface area contributed by atoms with Gasteiger partial charge in [-0.1, -0.05) is 42.8 Å². The largest absolute Gasteiger partial charge is 0.481 e. The summed E-state index contributed by atoms with van der Waals surface area (Å²) in [4.78, 5) is 12.3. The molecule has 0 heterocycles. The molecule has 3 heteroatoms. The Bertz CT molecular complexity index is 664. The van der Waals surface area contributed by atoms with E-state index >= 15 is 0 Å². The summed E-state index contributed by atoms with van der Waals surface area (Å²) in [6.45, 7) is 7.86. The van der Waals surface area contributed by atoms with Crippen molar-refractivity contribution in [3.05, 3.63) is 59.2 Å². The van der Waals surface area contributed by atoms with E-state index in [0.29, 0.717) is 0 Å². The summed E-state index contributed by atoms with van der Waals surface area (Å²) in [7, 11) is 0. The van der Waals surface area contributed by atoms with Crippen molar-refractivity contribution in [1.29, 1.82) is 0 Å². The summed E-state index contributed by atoms with van der Waals surface area (Å²) in [6.07, 6.45) is 0.328. The van der Waals surface area contributed by atoms with Gasteiger partial charge in [0.05, 0.1) is 0 Å². The fourth-order valence-electron chi connectivity index (χ4n) is 2.36. The van der Waals surface area contributed by atoms with Crippen molar-refractivity contribution >= 4 is 11.6 Å². The summed E-state index contributed by atoms with van der Waals surface area (Å²) in [5, 5.41) is 2.95. The van der Waals surface area contributed by atoms with Crippen LogP contribution in [-0.2, 0) is 11.2 Å². The number of aryl methyl sites for hydroxylation is 3. The third-order valence-corrected chi connectivity index (χ3v) is 3.66. The molecule has 3 nitrogen and oxygen atoms in total. The molecule has 0 saturated heterocycles. The molecule has 0 saturated carbocycles. The Kier molecular flexibility index (Phi) is 5.21. The first-order valence-corrected chi connectivity index (χ1v) is 7.64.